The van der Waals surface area contributed by atoms with E-state index in [0.29, 0.717) is 11.0 Å². The molecular formula is C18H19BrClFN2O2. The highest BCUT2D eigenvalue weighted by Crippen LogP contribution is 2.31. The summed E-state index contributed by atoms with van der Waals surface area (Å²) in [5.41, 5.74) is 8.62. The Hall–Kier alpha value is -1.79. The number of nitrogens with two attached hydrogens (primary N) is 1. The molecule has 0 fully saturated rings. The average molecular weight is 430 g/mol. The van der Waals surface area contributed by atoms with E-state index >= 15 is 0 Å². The van der Waals surface area contributed by atoms with Gasteiger partial charge in [-0.3, -0.25) is 4.79 Å². The second kappa shape index (κ2) is 8.54. The number of rotatable bonds is 4. The summed E-state index contributed by atoms with van der Waals surface area (Å²) < 4.78 is 19.7. The Kier molecular flexibility index (Phi) is 6.67. The summed E-state index contributed by atoms with van der Waals surface area (Å²) in [6.45, 7) is 0.799. The normalized spacial score (nSPS) is 13.0. The molecule has 2 N–H and O–H groups in total. The van der Waals surface area contributed by atoms with Gasteiger partial charge in [-0.25, -0.2) is 4.39 Å². The molecule has 4 nitrogen and oxygen atoms in total. The summed E-state index contributed by atoms with van der Waals surface area (Å²) >= 11 is 3.19. The maximum Gasteiger partial charge on any atom is 0.230 e. The van der Waals surface area contributed by atoms with Crippen molar-refractivity contribution in [1.82, 2.24) is 0 Å². The van der Waals surface area contributed by atoms with Crippen LogP contribution in [0.1, 0.15) is 18.4 Å². The molecule has 2 aromatic rings. The number of nitrogens with zero attached hydrogens (tertiary/aromatic N) is 1. The van der Waals surface area contributed by atoms with Crippen LogP contribution in [0.5, 0.6) is 5.75 Å². The first-order chi connectivity index (χ1) is 11.6. The number of halogens is 3. The van der Waals surface area contributed by atoms with Gasteiger partial charge in [0.25, 0.3) is 0 Å². The molecule has 0 radical (unpaired) electrons. The molecule has 0 saturated heterocycles. The maximum absolute atomic E-state index is 13.7. The first-order valence-electron chi connectivity index (χ1n) is 7.82. The Balaban J connectivity index is 0.00000225. The van der Waals surface area contributed by atoms with Gasteiger partial charge in [-0.2, -0.15) is 0 Å². The van der Waals surface area contributed by atoms with Crippen LogP contribution >= 0.6 is 28.3 Å². The molecule has 134 valence electrons. The van der Waals surface area contributed by atoms with Crippen LogP contribution in [0.25, 0.3) is 0 Å². The Morgan fingerprint density at radius 2 is 2.12 bits per heavy atom. The lowest BCUT2D eigenvalue weighted by molar-refractivity contribution is -0.119. The van der Waals surface area contributed by atoms with Gasteiger partial charge in [0, 0.05) is 22.4 Å². The van der Waals surface area contributed by atoms with E-state index < -0.39 is 5.82 Å². The van der Waals surface area contributed by atoms with Crippen molar-refractivity contribution in [1.29, 1.82) is 0 Å². The van der Waals surface area contributed by atoms with E-state index in [-0.39, 0.29) is 37.1 Å². The van der Waals surface area contributed by atoms with Crippen molar-refractivity contribution in [3.8, 4) is 5.75 Å². The number of fused-ring (bicyclic) bond motifs is 1. The largest absolute Gasteiger partial charge is 0.490 e. The smallest absolute Gasteiger partial charge is 0.230 e. The van der Waals surface area contributed by atoms with Gasteiger partial charge in [-0.05, 0) is 48.7 Å². The molecule has 1 amide bonds. The molecule has 1 aliphatic heterocycles. The summed E-state index contributed by atoms with van der Waals surface area (Å²) in [5, 5.41) is 0. The quantitative estimate of drug-likeness (QED) is 0.736. The van der Waals surface area contributed by atoms with Crippen molar-refractivity contribution in [2.24, 2.45) is 0 Å². The molecule has 3 rings (SSSR count). The van der Waals surface area contributed by atoms with Crippen molar-refractivity contribution in [2.75, 3.05) is 23.8 Å². The summed E-state index contributed by atoms with van der Waals surface area (Å²) in [5.74, 6) is -0.346. The van der Waals surface area contributed by atoms with Gasteiger partial charge in [-0.1, -0.05) is 22.0 Å². The van der Waals surface area contributed by atoms with Crippen molar-refractivity contribution in [3.05, 3.63) is 52.3 Å². The number of nitrogen functional groups attached to an aromatic ring is 1. The Morgan fingerprint density at radius 3 is 2.88 bits per heavy atom. The van der Waals surface area contributed by atoms with Gasteiger partial charge in [0.2, 0.25) is 5.91 Å². The van der Waals surface area contributed by atoms with E-state index in [1.165, 1.54) is 6.07 Å². The van der Waals surface area contributed by atoms with Gasteiger partial charge in [0.05, 0.1) is 13.0 Å². The van der Waals surface area contributed by atoms with Gasteiger partial charge in [0.1, 0.15) is 0 Å². The van der Waals surface area contributed by atoms with Crippen LogP contribution < -0.4 is 15.4 Å². The Labute approximate surface area is 160 Å². The standard InChI is InChI=1S/C18H18BrFN2O2.ClH/c19-12-6-7-17(14(20)11-12)24-10-8-18(23)22-9-2-3-13-15(21)4-1-5-16(13)22;/h1,4-7,11H,2-3,8-10,21H2;1H. The zero-order chi connectivity index (χ0) is 17.1. The molecule has 1 heterocycles. The molecule has 0 atom stereocenters. The molecule has 0 bridgehead atoms. The van der Waals surface area contributed by atoms with Crippen molar-refractivity contribution in [3.63, 3.8) is 0 Å². The van der Waals surface area contributed by atoms with E-state index in [0.717, 1.165) is 29.8 Å². The Morgan fingerprint density at radius 1 is 1.32 bits per heavy atom. The molecule has 0 spiro atoms. The van der Waals surface area contributed by atoms with Gasteiger partial charge in [-0.15, -0.1) is 12.4 Å². The van der Waals surface area contributed by atoms with Crippen LogP contribution in [0.3, 0.4) is 0 Å². The third-order valence-electron chi connectivity index (χ3n) is 4.06. The van der Waals surface area contributed by atoms with Crippen LogP contribution in [0.4, 0.5) is 15.8 Å². The minimum atomic E-state index is -0.451. The Bertz CT molecular complexity index is 773. The minimum absolute atomic E-state index is 0. The number of anilines is 2. The number of hydrogen-bond donors (Lipinski definition) is 1. The number of ether oxygens (including phenoxy) is 1. The highest BCUT2D eigenvalue weighted by Gasteiger charge is 2.23. The fourth-order valence-corrected chi connectivity index (χ4v) is 3.22. The lowest BCUT2D eigenvalue weighted by atomic mass is 9.99. The lowest BCUT2D eigenvalue weighted by Gasteiger charge is -2.30. The number of hydrogen-bond acceptors (Lipinski definition) is 3. The molecule has 25 heavy (non-hydrogen) atoms. The predicted molar refractivity (Wildman–Crippen MR) is 103 cm³/mol. The van der Waals surface area contributed by atoms with E-state index in [2.05, 4.69) is 15.9 Å². The topological polar surface area (TPSA) is 55.6 Å². The van der Waals surface area contributed by atoms with Crippen molar-refractivity contribution in [2.45, 2.75) is 19.3 Å². The fraction of sp³-hybridized carbons (Fsp3) is 0.278. The number of benzene rings is 2. The highest BCUT2D eigenvalue weighted by atomic mass is 79.9. The minimum Gasteiger partial charge on any atom is -0.490 e. The molecule has 0 saturated carbocycles. The highest BCUT2D eigenvalue weighted by molar-refractivity contribution is 9.10. The fourth-order valence-electron chi connectivity index (χ4n) is 2.89. The average Bonchev–Trinajstić information content (AvgIpc) is 2.56. The zero-order valence-electron chi connectivity index (χ0n) is 13.5. The van der Waals surface area contributed by atoms with Gasteiger partial charge >= 0.3 is 0 Å². The number of amides is 1. The first kappa shape index (κ1) is 19.5. The van der Waals surface area contributed by atoms with Crippen LogP contribution in [0.2, 0.25) is 0 Å². The van der Waals surface area contributed by atoms with E-state index in [9.17, 15) is 9.18 Å². The van der Waals surface area contributed by atoms with Crippen LogP contribution in [0, 0.1) is 5.82 Å². The third kappa shape index (κ3) is 4.44. The van der Waals surface area contributed by atoms with E-state index in [1.807, 2.05) is 18.2 Å². The van der Waals surface area contributed by atoms with Gasteiger partial charge in [0.15, 0.2) is 11.6 Å². The SMILES string of the molecule is Cl.Nc1cccc2c1CCCN2C(=O)CCOc1ccc(Br)cc1F. The third-order valence-corrected chi connectivity index (χ3v) is 4.55. The number of carbonyl (C=O) groups is 1. The monoisotopic (exact) mass is 428 g/mol. The van der Waals surface area contributed by atoms with Crippen LogP contribution in [0.15, 0.2) is 40.9 Å². The second-order valence-corrected chi connectivity index (χ2v) is 6.58. The molecule has 2 aromatic carbocycles. The summed E-state index contributed by atoms with van der Waals surface area (Å²) in [6, 6.07) is 10.2. The molecule has 0 aromatic heterocycles. The van der Waals surface area contributed by atoms with Crippen LogP contribution in [-0.2, 0) is 11.2 Å². The zero-order valence-corrected chi connectivity index (χ0v) is 15.9. The molecule has 1 aliphatic rings. The number of carbonyl (C=O) groups excluding carboxylic acids is 1. The predicted octanol–water partition coefficient (Wildman–Crippen LogP) is 4.34. The maximum atomic E-state index is 13.7. The van der Waals surface area contributed by atoms with E-state index in [1.54, 1.807) is 17.0 Å². The molecular weight excluding hydrogens is 411 g/mol. The molecule has 0 aliphatic carbocycles. The second-order valence-electron chi connectivity index (χ2n) is 5.67. The lowest BCUT2D eigenvalue weighted by Crippen LogP contribution is -2.36. The summed E-state index contributed by atoms with van der Waals surface area (Å²) in [6.07, 6.45) is 1.95. The molecule has 0 unspecified atom stereocenters. The first-order valence-corrected chi connectivity index (χ1v) is 8.61. The van der Waals surface area contributed by atoms with Crippen molar-refractivity contribution >= 4 is 45.6 Å². The summed E-state index contributed by atoms with van der Waals surface area (Å²) in [7, 11) is 0. The van der Waals surface area contributed by atoms with Crippen LogP contribution in [-0.4, -0.2) is 19.1 Å². The molecule has 7 heteroatoms. The van der Waals surface area contributed by atoms with Crippen molar-refractivity contribution < 1.29 is 13.9 Å². The summed E-state index contributed by atoms with van der Waals surface area (Å²) in [4.78, 5) is 14.3. The van der Waals surface area contributed by atoms with Gasteiger partial charge < -0.3 is 15.4 Å². The van der Waals surface area contributed by atoms with E-state index in [4.69, 9.17) is 10.5 Å².